The third-order valence-electron chi connectivity index (χ3n) is 1.32. The minimum Gasteiger partial charge on any atom is -0.166 e. The van der Waals surface area contributed by atoms with E-state index in [1.807, 2.05) is 0 Å². The highest BCUT2D eigenvalue weighted by molar-refractivity contribution is 14.1. The van der Waals surface area contributed by atoms with Crippen molar-refractivity contribution in [2.24, 2.45) is 0 Å². The first-order valence-electron chi connectivity index (χ1n) is 3.04. The van der Waals surface area contributed by atoms with Gasteiger partial charge < -0.3 is 0 Å². The van der Waals surface area contributed by atoms with E-state index in [0.29, 0.717) is 0 Å². The molecule has 0 saturated heterocycles. The van der Waals surface area contributed by atoms with Crippen LogP contribution < -0.4 is 0 Å². The molecule has 0 aliphatic carbocycles. The lowest BCUT2D eigenvalue weighted by Gasteiger charge is -2.09. The molecule has 1 aromatic rings. The fourth-order valence-corrected chi connectivity index (χ4v) is 2.02. The molecular formula is C7H2Cl2F3I. The van der Waals surface area contributed by atoms with Crippen LogP contribution in [0.4, 0.5) is 13.2 Å². The Kier molecular flexibility index (Phi) is 3.35. The first-order valence-corrected chi connectivity index (χ1v) is 4.87. The summed E-state index contributed by atoms with van der Waals surface area (Å²) in [5.41, 5.74) is -0.762. The molecular weight excluding hydrogens is 339 g/mol. The molecule has 72 valence electrons. The van der Waals surface area contributed by atoms with Crippen molar-refractivity contribution in [2.75, 3.05) is 0 Å². The van der Waals surface area contributed by atoms with Crippen LogP contribution in [0.15, 0.2) is 12.1 Å². The highest BCUT2D eigenvalue weighted by Crippen LogP contribution is 2.37. The van der Waals surface area contributed by atoms with Crippen molar-refractivity contribution in [3.63, 3.8) is 0 Å². The van der Waals surface area contributed by atoms with Crippen LogP contribution in [0.3, 0.4) is 0 Å². The zero-order valence-electron chi connectivity index (χ0n) is 5.92. The largest absolute Gasteiger partial charge is 0.417 e. The van der Waals surface area contributed by atoms with Crippen LogP contribution in [0.1, 0.15) is 5.56 Å². The van der Waals surface area contributed by atoms with Gasteiger partial charge in [0, 0.05) is 3.57 Å². The summed E-state index contributed by atoms with van der Waals surface area (Å²) >= 11 is 12.6. The molecule has 0 radical (unpaired) electrons. The van der Waals surface area contributed by atoms with E-state index in [0.717, 1.165) is 6.07 Å². The summed E-state index contributed by atoms with van der Waals surface area (Å²) in [7, 11) is 0. The molecule has 1 aromatic carbocycles. The second-order valence-electron chi connectivity index (χ2n) is 2.24. The van der Waals surface area contributed by atoms with Crippen molar-refractivity contribution in [2.45, 2.75) is 6.18 Å². The van der Waals surface area contributed by atoms with Gasteiger partial charge in [-0.15, -0.1) is 0 Å². The Labute approximate surface area is 96.2 Å². The normalized spacial score (nSPS) is 11.8. The Morgan fingerprint density at radius 1 is 1.08 bits per heavy atom. The summed E-state index contributed by atoms with van der Waals surface area (Å²) in [4.78, 5) is 0. The average Bonchev–Trinajstić information content (AvgIpc) is 1.94. The lowest BCUT2D eigenvalue weighted by molar-refractivity contribution is -0.138. The van der Waals surface area contributed by atoms with E-state index >= 15 is 0 Å². The standard InChI is InChI=1S/C7H2Cl2F3I/c8-4-1-3(7(10,11)12)6(13)2-5(4)9/h1-2H. The second-order valence-corrected chi connectivity index (χ2v) is 4.22. The van der Waals surface area contributed by atoms with Gasteiger partial charge in [0.1, 0.15) is 0 Å². The summed E-state index contributed by atoms with van der Waals surface area (Å²) in [6, 6.07) is 2.01. The third-order valence-corrected chi connectivity index (χ3v) is 2.93. The molecule has 0 amide bonds. The molecule has 0 spiro atoms. The van der Waals surface area contributed by atoms with Crippen molar-refractivity contribution in [1.29, 1.82) is 0 Å². The number of hydrogen-bond acceptors (Lipinski definition) is 0. The topological polar surface area (TPSA) is 0 Å². The van der Waals surface area contributed by atoms with E-state index in [-0.39, 0.29) is 13.6 Å². The SMILES string of the molecule is FC(F)(F)c1cc(Cl)c(Cl)cc1I. The summed E-state index contributed by atoms with van der Waals surface area (Å²) in [5.74, 6) is 0. The van der Waals surface area contributed by atoms with Crippen molar-refractivity contribution >= 4 is 45.8 Å². The van der Waals surface area contributed by atoms with E-state index < -0.39 is 11.7 Å². The zero-order chi connectivity index (χ0) is 10.2. The molecule has 0 atom stereocenters. The van der Waals surface area contributed by atoms with E-state index in [1.54, 1.807) is 22.6 Å². The number of rotatable bonds is 0. The van der Waals surface area contributed by atoms with Gasteiger partial charge in [-0.05, 0) is 34.7 Å². The van der Waals surface area contributed by atoms with Crippen LogP contribution in [-0.4, -0.2) is 0 Å². The van der Waals surface area contributed by atoms with E-state index in [9.17, 15) is 13.2 Å². The highest BCUT2D eigenvalue weighted by Gasteiger charge is 2.33. The minimum atomic E-state index is -4.38. The molecule has 0 aliphatic heterocycles. The predicted molar refractivity (Wildman–Crippen MR) is 54.2 cm³/mol. The van der Waals surface area contributed by atoms with Gasteiger partial charge in [-0.1, -0.05) is 23.2 Å². The van der Waals surface area contributed by atoms with Crippen molar-refractivity contribution < 1.29 is 13.2 Å². The van der Waals surface area contributed by atoms with Crippen molar-refractivity contribution in [3.05, 3.63) is 31.3 Å². The van der Waals surface area contributed by atoms with Gasteiger partial charge in [0.15, 0.2) is 0 Å². The quantitative estimate of drug-likeness (QED) is 0.477. The molecule has 0 N–H and O–H groups in total. The Morgan fingerprint density at radius 3 is 2.00 bits per heavy atom. The number of benzene rings is 1. The molecule has 0 fully saturated rings. The molecule has 0 nitrogen and oxygen atoms in total. The lowest BCUT2D eigenvalue weighted by Crippen LogP contribution is -2.07. The van der Waals surface area contributed by atoms with Gasteiger partial charge in [0.25, 0.3) is 0 Å². The summed E-state index contributed by atoms with van der Waals surface area (Å²) in [6.45, 7) is 0. The molecule has 6 heteroatoms. The zero-order valence-corrected chi connectivity index (χ0v) is 9.59. The van der Waals surface area contributed by atoms with Gasteiger partial charge in [-0.3, -0.25) is 0 Å². The molecule has 0 bridgehead atoms. The maximum absolute atomic E-state index is 12.3. The first-order chi connectivity index (χ1) is 5.82. The van der Waals surface area contributed by atoms with Crippen molar-refractivity contribution in [3.8, 4) is 0 Å². The predicted octanol–water partition coefficient (Wildman–Crippen LogP) is 4.62. The molecule has 13 heavy (non-hydrogen) atoms. The monoisotopic (exact) mass is 340 g/mol. The van der Waals surface area contributed by atoms with Gasteiger partial charge >= 0.3 is 6.18 Å². The molecule has 0 heterocycles. The number of alkyl halides is 3. The summed E-state index contributed by atoms with van der Waals surface area (Å²) in [6.07, 6.45) is -4.38. The molecule has 0 aromatic heterocycles. The van der Waals surface area contributed by atoms with Crippen LogP contribution in [0, 0.1) is 3.57 Å². The summed E-state index contributed by atoms with van der Waals surface area (Å²) < 4.78 is 36.8. The Balaban J connectivity index is 3.32. The van der Waals surface area contributed by atoms with Crippen LogP contribution in [-0.2, 0) is 6.18 Å². The van der Waals surface area contributed by atoms with Crippen molar-refractivity contribution in [1.82, 2.24) is 0 Å². The Hall–Kier alpha value is 0.320. The Bertz CT molecular complexity index is 335. The third kappa shape index (κ3) is 2.63. The fourth-order valence-electron chi connectivity index (χ4n) is 0.740. The average molecular weight is 341 g/mol. The van der Waals surface area contributed by atoms with E-state index in [4.69, 9.17) is 23.2 Å². The molecule has 0 saturated carbocycles. The van der Waals surface area contributed by atoms with Crippen LogP contribution in [0.2, 0.25) is 10.0 Å². The van der Waals surface area contributed by atoms with Crippen LogP contribution in [0.25, 0.3) is 0 Å². The van der Waals surface area contributed by atoms with E-state index in [2.05, 4.69) is 0 Å². The van der Waals surface area contributed by atoms with Crippen LogP contribution >= 0.6 is 45.8 Å². The second kappa shape index (κ2) is 3.82. The molecule has 0 unspecified atom stereocenters. The number of halogens is 6. The maximum Gasteiger partial charge on any atom is 0.417 e. The summed E-state index contributed by atoms with van der Waals surface area (Å²) in [5, 5.41) is 0.0356. The van der Waals surface area contributed by atoms with Gasteiger partial charge in [0.2, 0.25) is 0 Å². The minimum absolute atomic E-state index is 0.0412. The molecule has 0 aliphatic rings. The van der Waals surface area contributed by atoms with Gasteiger partial charge in [-0.2, -0.15) is 13.2 Å². The van der Waals surface area contributed by atoms with E-state index in [1.165, 1.54) is 6.07 Å². The lowest BCUT2D eigenvalue weighted by atomic mass is 10.2. The highest BCUT2D eigenvalue weighted by atomic mass is 127. The fraction of sp³-hybridized carbons (Fsp3) is 0.143. The van der Waals surface area contributed by atoms with Crippen LogP contribution in [0.5, 0.6) is 0 Å². The first kappa shape index (κ1) is 11.4. The molecule has 1 rings (SSSR count). The Morgan fingerprint density at radius 2 is 1.54 bits per heavy atom. The smallest absolute Gasteiger partial charge is 0.166 e. The number of hydrogen-bond donors (Lipinski definition) is 0. The van der Waals surface area contributed by atoms with Gasteiger partial charge in [0.05, 0.1) is 15.6 Å². The maximum atomic E-state index is 12.3. The van der Waals surface area contributed by atoms with Gasteiger partial charge in [-0.25, -0.2) is 0 Å².